The van der Waals surface area contributed by atoms with Crippen LogP contribution in [0.5, 0.6) is 23.1 Å². The first-order valence-electron chi connectivity index (χ1n) is 11.3. The van der Waals surface area contributed by atoms with Crippen LogP contribution in [0.4, 0.5) is 5.69 Å². The quantitative estimate of drug-likeness (QED) is 0.437. The van der Waals surface area contributed by atoms with E-state index in [9.17, 15) is 14.7 Å². The number of rotatable bonds is 8. The Morgan fingerprint density at radius 1 is 1.20 bits per heavy atom. The van der Waals surface area contributed by atoms with Gasteiger partial charge in [-0.1, -0.05) is 17.7 Å². The molecule has 0 spiro atoms. The highest BCUT2D eigenvalue weighted by molar-refractivity contribution is 6.32. The average Bonchev–Trinajstić information content (AvgIpc) is 2.86. The molecule has 2 aromatic carbocycles. The zero-order valence-electron chi connectivity index (χ0n) is 19.4. The van der Waals surface area contributed by atoms with E-state index in [1.54, 1.807) is 59.6 Å². The molecule has 0 fully saturated rings. The lowest BCUT2D eigenvalue weighted by Gasteiger charge is -2.24. The summed E-state index contributed by atoms with van der Waals surface area (Å²) in [7, 11) is 0. The first kappa shape index (κ1) is 24.3. The largest absolute Gasteiger partial charge is 0.493 e. The SMILES string of the molecule is CCOc1ncccc1N(CC)C(=O)c1ccc(Oc2ccc3c(c2)OCCC3C(=O)O)c(Cl)c1. The molecule has 1 aromatic heterocycles. The summed E-state index contributed by atoms with van der Waals surface area (Å²) in [6, 6.07) is 13.4. The molecule has 0 aliphatic carbocycles. The van der Waals surface area contributed by atoms with Crippen molar-refractivity contribution in [2.75, 3.05) is 24.7 Å². The monoisotopic (exact) mass is 496 g/mol. The molecule has 9 heteroatoms. The minimum absolute atomic E-state index is 0.253. The van der Waals surface area contributed by atoms with Crippen LogP contribution in [0, 0.1) is 0 Å². The van der Waals surface area contributed by atoms with Gasteiger partial charge in [-0.25, -0.2) is 4.98 Å². The summed E-state index contributed by atoms with van der Waals surface area (Å²) in [6.45, 7) is 4.88. The molecular weight excluding hydrogens is 472 g/mol. The summed E-state index contributed by atoms with van der Waals surface area (Å²) in [6.07, 6.45) is 2.03. The van der Waals surface area contributed by atoms with Crippen molar-refractivity contribution in [2.24, 2.45) is 0 Å². The van der Waals surface area contributed by atoms with Gasteiger partial charge in [-0.2, -0.15) is 0 Å². The van der Waals surface area contributed by atoms with E-state index in [2.05, 4.69) is 4.98 Å². The molecule has 3 aromatic rings. The number of carbonyl (C=O) groups excluding carboxylic acids is 1. The molecule has 0 radical (unpaired) electrons. The molecule has 1 N–H and O–H groups in total. The van der Waals surface area contributed by atoms with Crippen LogP contribution in [0.15, 0.2) is 54.7 Å². The third-order valence-electron chi connectivity index (χ3n) is 5.61. The van der Waals surface area contributed by atoms with Gasteiger partial charge in [0.2, 0.25) is 5.88 Å². The van der Waals surface area contributed by atoms with E-state index in [0.717, 1.165) is 0 Å². The van der Waals surface area contributed by atoms with Crippen molar-refractivity contribution in [3.8, 4) is 23.1 Å². The third-order valence-corrected chi connectivity index (χ3v) is 5.91. The number of hydrogen-bond acceptors (Lipinski definition) is 6. The molecule has 35 heavy (non-hydrogen) atoms. The van der Waals surface area contributed by atoms with E-state index in [1.807, 2.05) is 13.8 Å². The molecule has 1 atom stereocenters. The molecule has 2 heterocycles. The van der Waals surface area contributed by atoms with Crippen molar-refractivity contribution in [1.29, 1.82) is 0 Å². The Labute approximate surface area is 208 Å². The molecule has 8 nitrogen and oxygen atoms in total. The highest BCUT2D eigenvalue weighted by Gasteiger charge is 2.28. The Balaban J connectivity index is 1.55. The second-order valence-electron chi connectivity index (χ2n) is 7.78. The van der Waals surface area contributed by atoms with Crippen LogP contribution in [-0.4, -0.2) is 41.7 Å². The van der Waals surface area contributed by atoms with E-state index < -0.39 is 11.9 Å². The summed E-state index contributed by atoms with van der Waals surface area (Å²) < 4.78 is 17.1. The number of carbonyl (C=O) groups is 2. The van der Waals surface area contributed by atoms with Gasteiger partial charge in [-0.15, -0.1) is 0 Å². The van der Waals surface area contributed by atoms with Crippen LogP contribution in [0.1, 0.15) is 42.1 Å². The third kappa shape index (κ3) is 5.17. The normalized spacial score (nSPS) is 14.4. The second kappa shape index (κ2) is 10.7. The number of aromatic nitrogens is 1. The summed E-state index contributed by atoms with van der Waals surface area (Å²) in [4.78, 5) is 30.6. The molecule has 4 rings (SSSR count). The summed E-state index contributed by atoms with van der Waals surface area (Å²) in [5.74, 6) is -0.0774. The molecule has 0 saturated heterocycles. The van der Waals surface area contributed by atoms with Crippen LogP contribution in [-0.2, 0) is 4.79 Å². The minimum Gasteiger partial charge on any atom is -0.493 e. The van der Waals surface area contributed by atoms with Crippen LogP contribution >= 0.6 is 11.6 Å². The number of fused-ring (bicyclic) bond motifs is 1. The minimum atomic E-state index is -0.882. The number of anilines is 1. The molecule has 1 amide bonds. The Hall–Kier alpha value is -3.78. The van der Waals surface area contributed by atoms with Crippen molar-refractivity contribution in [3.63, 3.8) is 0 Å². The van der Waals surface area contributed by atoms with Gasteiger partial charge < -0.3 is 24.2 Å². The predicted octanol–water partition coefficient (Wildman–Crippen LogP) is 5.54. The van der Waals surface area contributed by atoms with E-state index in [0.29, 0.717) is 66.1 Å². The lowest BCUT2D eigenvalue weighted by atomic mass is 9.93. The topological polar surface area (TPSA) is 98.2 Å². The zero-order chi connectivity index (χ0) is 24.9. The Bertz CT molecular complexity index is 1250. The lowest BCUT2D eigenvalue weighted by molar-refractivity contribution is -0.139. The first-order valence-corrected chi connectivity index (χ1v) is 11.7. The van der Waals surface area contributed by atoms with Gasteiger partial charge in [-0.05, 0) is 56.7 Å². The van der Waals surface area contributed by atoms with Crippen molar-refractivity contribution < 1.29 is 28.9 Å². The van der Waals surface area contributed by atoms with E-state index in [-0.39, 0.29) is 10.9 Å². The maximum atomic E-state index is 13.3. The Morgan fingerprint density at radius 3 is 2.74 bits per heavy atom. The van der Waals surface area contributed by atoms with Gasteiger partial charge >= 0.3 is 5.97 Å². The van der Waals surface area contributed by atoms with Gasteiger partial charge in [-0.3, -0.25) is 9.59 Å². The number of carboxylic acids is 1. The van der Waals surface area contributed by atoms with Crippen molar-refractivity contribution in [1.82, 2.24) is 4.98 Å². The highest BCUT2D eigenvalue weighted by atomic mass is 35.5. The number of pyridine rings is 1. The van der Waals surface area contributed by atoms with Crippen LogP contribution < -0.4 is 19.1 Å². The smallest absolute Gasteiger partial charge is 0.311 e. The van der Waals surface area contributed by atoms with E-state index in [1.165, 1.54) is 0 Å². The van der Waals surface area contributed by atoms with Gasteiger partial charge in [0.15, 0.2) is 0 Å². The maximum absolute atomic E-state index is 13.3. The van der Waals surface area contributed by atoms with Crippen molar-refractivity contribution in [2.45, 2.75) is 26.2 Å². The number of aliphatic carboxylic acids is 1. The maximum Gasteiger partial charge on any atom is 0.311 e. The fourth-order valence-corrected chi connectivity index (χ4v) is 4.17. The molecule has 0 saturated carbocycles. The molecule has 1 aliphatic rings. The van der Waals surface area contributed by atoms with Gasteiger partial charge in [0.1, 0.15) is 22.9 Å². The molecule has 182 valence electrons. The van der Waals surface area contributed by atoms with Crippen LogP contribution in [0.3, 0.4) is 0 Å². The van der Waals surface area contributed by atoms with E-state index >= 15 is 0 Å². The van der Waals surface area contributed by atoms with E-state index in [4.69, 9.17) is 25.8 Å². The summed E-state index contributed by atoms with van der Waals surface area (Å²) >= 11 is 6.46. The Morgan fingerprint density at radius 2 is 2.03 bits per heavy atom. The Kier molecular flexibility index (Phi) is 7.41. The number of ether oxygens (including phenoxy) is 3. The fourth-order valence-electron chi connectivity index (χ4n) is 3.95. The number of hydrogen-bond donors (Lipinski definition) is 1. The second-order valence-corrected chi connectivity index (χ2v) is 8.19. The van der Waals surface area contributed by atoms with Gasteiger partial charge in [0.05, 0.1) is 24.2 Å². The molecular formula is C26H25ClN2O6. The fraction of sp³-hybridized carbons (Fsp3) is 0.269. The summed E-state index contributed by atoms with van der Waals surface area (Å²) in [5, 5.41) is 9.68. The first-order chi connectivity index (χ1) is 16.9. The number of benzene rings is 2. The number of nitrogens with zero attached hydrogens (tertiary/aromatic N) is 2. The zero-order valence-corrected chi connectivity index (χ0v) is 20.1. The molecule has 0 bridgehead atoms. The van der Waals surface area contributed by atoms with Crippen molar-refractivity contribution >= 4 is 29.2 Å². The highest BCUT2D eigenvalue weighted by Crippen LogP contribution is 2.39. The van der Waals surface area contributed by atoms with Gasteiger partial charge in [0, 0.05) is 29.9 Å². The van der Waals surface area contributed by atoms with Crippen LogP contribution in [0.25, 0.3) is 0 Å². The number of halogens is 1. The lowest BCUT2D eigenvalue weighted by Crippen LogP contribution is -2.31. The van der Waals surface area contributed by atoms with Gasteiger partial charge in [0.25, 0.3) is 5.91 Å². The van der Waals surface area contributed by atoms with Crippen LogP contribution in [0.2, 0.25) is 5.02 Å². The average molecular weight is 497 g/mol. The van der Waals surface area contributed by atoms with Crippen molar-refractivity contribution in [3.05, 3.63) is 70.9 Å². The number of carboxylic acid groups (broad SMARTS) is 1. The summed E-state index contributed by atoms with van der Waals surface area (Å²) in [5.41, 5.74) is 1.57. The molecule has 1 aliphatic heterocycles. The predicted molar refractivity (Wildman–Crippen MR) is 131 cm³/mol. The number of amides is 1. The standard InChI is InChI=1S/C26H25ClN2O6/c1-3-29(21-6-5-12-28-24(21)33-4-2)25(30)16-7-10-22(20(27)14-16)35-17-8-9-18-19(26(31)32)11-13-34-23(18)15-17/h5-10,12,14-15,19H,3-4,11,13H2,1-2H3,(H,31,32). The molecule has 1 unspecified atom stereocenters.